The smallest absolute Gasteiger partial charge is 0.330 e. The molecule has 26 heavy (non-hydrogen) atoms. The summed E-state index contributed by atoms with van der Waals surface area (Å²) in [4.78, 5) is 30.4. The molecule has 0 radical (unpaired) electrons. The first kappa shape index (κ1) is 16.7. The molecule has 2 aromatic heterocycles. The Balaban J connectivity index is 1.46. The average molecular weight is 372 g/mol. The molecule has 0 N–H and O–H groups in total. The van der Waals surface area contributed by atoms with Gasteiger partial charge < -0.3 is 18.5 Å². The highest BCUT2D eigenvalue weighted by Crippen LogP contribution is 2.41. The lowest BCUT2D eigenvalue weighted by Crippen LogP contribution is -2.42. The summed E-state index contributed by atoms with van der Waals surface area (Å²) < 4.78 is 16.3. The van der Waals surface area contributed by atoms with Gasteiger partial charge in [-0.05, 0) is 24.3 Å². The number of fused-ring (bicyclic) bond motifs is 1. The van der Waals surface area contributed by atoms with Crippen LogP contribution in [-0.2, 0) is 20.9 Å². The fourth-order valence-electron chi connectivity index (χ4n) is 2.93. The fourth-order valence-corrected chi connectivity index (χ4v) is 4.35. The summed E-state index contributed by atoms with van der Waals surface area (Å²) in [6.07, 6.45) is 1.55. The molecule has 0 unspecified atom stereocenters. The highest BCUT2D eigenvalue weighted by Gasteiger charge is 2.43. The van der Waals surface area contributed by atoms with E-state index < -0.39 is 12.0 Å². The van der Waals surface area contributed by atoms with Crippen molar-refractivity contribution in [3.63, 3.8) is 0 Å². The molecule has 2 atom stereocenters. The Morgan fingerprint density at radius 2 is 2.15 bits per heavy atom. The third-order valence-corrected chi connectivity index (χ3v) is 5.38. The molecule has 134 valence electrons. The van der Waals surface area contributed by atoms with Gasteiger partial charge in [0, 0.05) is 12.7 Å². The standard InChI is InChI=1S/C18H16N2O5S/c1-11(21)20-13(10-26-17(20)15-7-4-8-23-15)18(22)24-9-16-19-12-5-2-3-6-14(12)25-16/h2-8,13,17H,9-10H2,1H3/t13-,17+/m0/s1. The van der Waals surface area contributed by atoms with Gasteiger partial charge in [0.1, 0.15) is 22.7 Å². The summed E-state index contributed by atoms with van der Waals surface area (Å²) in [5.74, 6) is 0.711. The van der Waals surface area contributed by atoms with Crippen molar-refractivity contribution in [1.29, 1.82) is 0 Å². The summed E-state index contributed by atoms with van der Waals surface area (Å²) in [7, 11) is 0. The van der Waals surface area contributed by atoms with Gasteiger partial charge in [-0.3, -0.25) is 4.79 Å². The van der Waals surface area contributed by atoms with Crippen LogP contribution in [-0.4, -0.2) is 33.6 Å². The van der Waals surface area contributed by atoms with Crippen LogP contribution in [0.4, 0.5) is 0 Å². The Kier molecular flexibility index (Phi) is 4.42. The minimum Gasteiger partial charge on any atom is -0.466 e. The van der Waals surface area contributed by atoms with Crippen LogP contribution in [0.2, 0.25) is 0 Å². The Morgan fingerprint density at radius 1 is 1.31 bits per heavy atom. The van der Waals surface area contributed by atoms with Crippen LogP contribution in [0.1, 0.15) is 23.9 Å². The number of furan rings is 1. The van der Waals surface area contributed by atoms with E-state index in [1.54, 1.807) is 24.5 Å². The third-order valence-electron chi connectivity index (χ3n) is 4.10. The maximum atomic E-state index is 12.5. The number of benzene rings is 1. The topological polar surface area (TPSA) is 85.8 Å². The zero-order valence-electron chi connectivity index (χ0n) is 14.0. The number of rotatable bonds is 4. The number of hydrogen-bond donors (Lipinski definition) is 0. The normalized spacial score (nSPS) is 19.8. The number of esters is 1. The molecular weight excluding hydrogens is 356 g/mol. The Morgan fingerprint density at radius 3 is 2.88 bits per heavy atom. The number of hydrogen-bond acceptors (Lipinski definition) is 7. The first-order chi connectivity index (χ1) is 12.6. The van der Waals surface area contributed by atoms with Crippen LogP contribution < -0.4 is 0 Å². The van der Waals surface area contributed by atoms with Crippen molar-refractivity contribution in [2.45, 2.75) is 24.9 Å². The Labute approximate surface area is 153 Å². The molecule has 1 saturated heterocycles. The molecule has 1 aliphatic rings. The van der Waals surface area contributed by atoms with Crippen molar-refractivity contribution in [3.8, 4) is 0 Å². The van der Waals surface area contributed by atoms with Crippen LogP contribution in [0.3, 0.4) is 0 Å². The lowest BCUT2D eigenvalue weighted by molar-refractivity contribution is -0.155. The lowest BCUT2D eigenvalue weighted by atomic mass is 10.2. The highest BCUT2D eigenvalue weighted by atomic mass is 32.2. The van der Waals surface area contributed by atoms with E-state index in [1.807, 2.05) is 18.2 Å². The summed E-state index contributed by atoms with van der Waals surface area (Å²) in [6.45, 7) is 1.36. The van der Waals surface area contributed by atoms with Crippen molar-refractivity contribution < 1.29 is 23.2 Å². The largest absolute Gasteiger partial charge is 0.466 e. The molecule has 4 rings (SSSR count). The predicted octanol–water partition coefficient (Wildman–Crippen LogP) is 3.13. The monoisotopic (exact) mass is 372 g/mol. The molecule has 8 heteroatoms. The van der Waals surface area contributed by atoms with Gasteiger partial charge >= 0.3 is 5.97 Å². The number of aromatic nitrogens is 1. The number of nitrogens with zero attached hydrogens (tertiary/aromatic N) is 2. The number of ether oxygens (including phenoxy) is 1. The Hall–Kier alpha value is -2.74. The zero-order chi connectivity index (χ0) is 18.1. The number of carbonyl (C=O) groups excluding carboxylic acids is 2. The van der Waals surface area contributed by atoms with Gasteiger partial charge in [-0.15, -0.1) is 11.8 Å². The molecule has 1 aliphatic heterocycles. The number of thioether (sulfide) groups is 1. The van der Waals surface area contributed by atoms with E-state index in [0.29, 0.717) is 28.5 Å². The van der Waals surface area contributed by atoms with E-state index >= 15 is 0 Å². The molecule has 3 aromatic rings. The molecule has 0 bridgehead atoms. The number of oxazole rings is 1. The fraction of sp³-hybridized carbons (Fsp3) is 0.278. The van der Waals surface area contributed by atoms with E-state index in [4.69, 9.17) is 13.6 Å². The summed E-state index contributed by atoms with van der Waals surface area (Å²) in [6, 6.07) is 10.2. The zero-order valence-corrected chi connectivity index (χ0v) is 14.8. The van der Waals surface area contributed by atoms with Gasteiger partial charge in [-0.25, -0.2) is 9.78 Å². The second-order valence-electron chi connectivity index (χ2n) is 5.83. The Bertz CT molecular complexity index is 903. The summed E-state index contributed by atoms with van der Waals surface area (Å²) >= 11 is 1.47. The van der Waals surface area contributed by atoms with Crippen molar-refractivity contribution >= 4 is 34.7 Å². The molecule has 1 fully saturated rings. The van der Waals surface area contributed by atoms with Crippen LogP contribution in [0.5, 0.6) is 0 Å². The van der Waals surface area contributed by atoms with E-state index in [2.05, 4.69) is 4.98 Å². The van der Waals surface area contributed by atoms with Crippen LogP contribution >= 0.6 is 11.8 Å². The van der Waals surface area contributed by atoms with Crippen molar-refractivity contribution in [1.82, 2.24) is 9.88 Å². The van der Waals surface area contributed by atoms with E-state index in [-0.39, 0.29) is 17.9 Å². The summed E-state index contributed by atoms with van der Waals surface area (Å²) in [5.41, 5.74) is 1.34. The molecule has 1 aromatic carbocycles. The highest BCUT2D eigenvalue weighted by molar-refractivity contribution is 7.99. The van der Waals surface area contributed by atoms with Gasteiger partial charge in [0.25, 0.3) is 0 Å². The van der Waals surface area contributed by atoms with E-state index in [1.165, 1.54) is 23.6 Å². The molecule has 3 heterocycles. The second kappa shape index (κ2) is 6.87. The maximum absolute atomic E-state index is 12.5. The molecular formula is C18H16N2O5S. The van der Waals surface area contributed by atoms with Gasteiger partial charge in [0.05, 0.1) is 6.26 Å². The first-order valence-corrected chi connectivity index (χ1v) is 9.13. The molecule has 1 amide bonds. The average Bonchev–Trinajstić information content (AvgIpc) is 3.37. The lowest BCUT2D eigenvalue weighted by Gasteiger charge is -2.25. The van der Waals surface area contributed by atoms with Crippen LogP contribution in [0.15, 0.2) is 51.5 Å². The van der Waals surface area contributed by atoms with E-state index in [9.17, 15) is 9.59 Å². The van der Waals surface area contributed by atoms with Gasteiger partial charge in [0.15, 0.2) is 12.2 Å². The van der Waals surface area contributed by atoms with Crippen molar-refractivity contribution in [2.75, 3.05) is 5.75 Å². The van der Waals surface area contributed by atoms with Crippen molar-refractivity contribution in [3.05, 3.63) is 54.3 Å². The second-order valence-corrected chi connectivity index (χ2v) is 6.94. The SMILES string of the molecule is CC(=O)N1[C@@H](c2ccco2)SC[C@H]1C(=O)OCc1nc2ccccc2o1. The van der Waals surface area contributed by atoms with Gasteiger partial charge in [0.2, 0.25) is 11.8 Å². The molecule has 7 nitrogen and oxygen atoms in total. The molecule has 0 spiro atoms. The molecule has 0 aliphatic carbocycles. The van der Waals surface area contributed by atoms with Crippen LogP contribution in [0, 0.1) is 0 Å². The quantitative estimate of drug-likeness (QED) is 0.650. The first-order valence-electron chi connectivity index (χ1n) is 8.08. The number of carbonyl (C=O) groups is 2. The minimum absolute atomic E-state index is 0.0775. The van der Waals surface area contributed by atoms with Crippen LogP contribution in [0.25, 0.3) is 11.1 Å². The predicted molar refractivity (Wildman–Crippen MR) is 94.0 cm³/mol. The number of amides is 1. The molecule has 0 saturated carbocycles. The van der Waals surface area contributed by atoms with Gasteiger partial charge in [-0.2, -0.15) is 0 Å². The number of para-hydroxylation sites is 2. The van der Waals surface area contributed by atoms with Crippen molar-refractivity contribution in [2.24, 2.45) is 0 Å². The van der Waals surface area contributed by atoms with E-state index in [0.717, 1.165) is 0 Å². The third kappa shape index (κ3) is 3.08. The summed E-state index contributed by atoms with van der Waals surface area (Å²) in [5, 5.41) is -0.329. The minimum atomic E-state index is -0.669. The maximum Gasteiger partial charge on any atom is 0.330 e. The van der Waals surface area contributed by atoms with Gasteiger partial charge in [-0.1, -0.05) is 12.1 Å².